The van der Waals surface area contributed by atoms with Gasteiger partial charge >= 0.3 is 17.1 Å². The Morgan fingerprint density at radius 3 is 0.929 bits per heavy atom. The van der Waals surface area contributed by atoms with Crippen LogP contribution < -0.4 is 5.73 Å². The van der Waals surface area contributed by atoms with Crippen molar-refractivity contribution in [1.29, 1.82) is 0 Å². The molecule has 0 fully saturated rings. The first-order chi connectivity index (χ1) is 18.6. The van der Waals surface area contributed by atoms with E-state index >= 15 is 0 Å². The van der Waals surface area contributed by atoms with Crippen LogP contribution in [0.25, 0.3) is 0 Å². The monoisotopic (exact) mass is 742 g/mol. The van der Waals surface area contributed by atoms with E-state index in [2.05, 4.69) is 110 Å². The average molecular weight is 744 g/mol. The molecule has 0 bridgehead atoms. The minimum atomic E-state index is -1.93. The molecule has 0 aliphatic rings. The molecule has 6 nitrogen and oxygen atoms in total. The van der Waals surface area contributed by atoms with Gasteiger partial charge in [0.1, 0.15) is 31.2 Å². The quantitative estimate of drug-likeness (QED) is 0.118. The molecule has 42 heavy (non-hydrogen) atoms. The molecule has 0 heterocycles. The number of hydrogen-bond donors (Lipinski definition) is 1. The summed E-state index contributed by atoms with van der Waals surface area (Å²) in [6.07, 6.45) is 2.21. The van der Waals surface area contributed by atoms with Crippen molar-refractivity contribution in [2.24, 2.45) is 5.73 Å². The van der Waals surface area contributed by atoms with Gasteiger partial charge in [-0.25, -0.2) is 0 Å². The first kappa shape index (κ1) is 50.5. The van der Waals surface area contributed by atoms with Crippen molar-refractivity contribution >= 4 is 70.5 Å². The second kappa shape index (κ2) is 24.8. The summed E-state index contributed by atoms with van der Waals surface area (Å²) in [7, 11) is -8.51. The van der Waals surface area contributed by atoms with Crippen molar-refractivity contribution in [2.75, 3.05) is 39.5 Å². The smallest absolute Gasteiger partial charge is 0.334 e. The molecule has 0 atom stereocenters. The van der Waals surface area contributed by atoms with Gasteiger partial charge in [0.2, 0.25) is 0 Å². The van der Waals surface area contributed by atoms with Crippen LogP contribution in [0.2, 0.25) is 104 Å². The fraction of sp³-hybridized carbons (Fsp3) is 1.00. The molecule has 0 unspecified atom stereocenters. The molecule has 0 rings (SSSR count). The van der Waals surface area contributed by atoms with E-state index in [0.717, 1.165) is 51.5 Å². The van der Waals surface area contributed by atoms with Crippen LogP contribution in [0.3, 0.4) is 0 Å². The zero-order valence-corrected chi connectivity index (χ0v) is 39.0. The van der Waals surface area contributed by atoms with E-state index in [1.54, 1.807) is 0 Å². The Bertz CT molecular complexity index is 579. The summed E-state index contributed by atoms with van der Waals surface area (Å²) < 4.78 is 26.0. The predicted octanol–water partition coefficient (Wildman–Crippen LogP) is 10.1. The molecule has 0 saturated carbocycles. The van der Waals surface area contributed by atoms with Gasteiger partial charge in [0.25, 0.3) is 0 Å². The summed E-state index contributed by atoms with van der Waals surface area (Å²) in [4.78, 5) is 0. The number of hydrogen-bond acceptors (Lipinski definition) is 6. The molecule has 0 aromatic rings. The highest BCUT2D eigenvalue weighted by molar-refractivity contribution is 7.18. The molecular weight excluding hydrogens is 668 g/mol. The van der Waals surface area contributed by atoms with Crippen molar-refractivity contribution in [2.45, 2.75) is 144 Å². The highest BCUT2D eigenvalue weighted by Crippen LogP contribution is 2.23. The van der Waals surface area contributed by atoms with Gasteiger partial charge in [0, 0.05) is 26.4 Å². The lowest BCUT2D eigenvalue weighted by atomic mass is 10.5. The Balaban J connectivity index is -0.000000275. The summed E-state index contributed by atoms with van der Waals surface area (Å²) in [6, 6.07) is 2.12. The van der Waals surface area contributed by atoms with Crippen LogP contribution in [0.4, 0.5) is 0 Å². The lowest BCUT2D eigenvalue weighted by Crippen LogP contribution is -2.59. The second-order valence-corrected chi connectivity index (χ2v) is 46.6. The Kier molecular flexibility index (Phi) is 29.8. The first-order valence-corrected chi connectivity index (χ1v) is 37.0. The molecule has 0 aliphatic carbocycles. The zero-order chi connectivity index (χ0) is 34.5. The minimum Gasteiger partial charge on any atom is -0.395 e. The fourth-order valence-corrected chi connectivity index (χ4v) is 18.8. The number of rotatable bonds is 17. The third-order valence-corrected chi connectivity index (χ3v) is 19.1. The zero-order valence-electron chi connectivity index (χ0n) is 31.5. The predicted molar refractivity (Wildman–Crippen MR) is 209 cm³/mol. The highest BCUT2D eigenvalue weighted by Gasteiger charge is 2.36. The number of nitrogens with two attached hydrogens (primary N) is 1. The van der Waals surface area contributed by atoms with Gasteiger partial charge in [-0.3, -0.25) is 0 Å². The number of halogens is 2. The molecule has 0 saturated heterocycles. The van der Waals surface area contributed by atoms with Crippen LogP contribution >= 0.6 is 22.2 Å². The van der Waals surface area contributed by atoms with Crippen LogP contribution in [-0.4, -0.2) is 92.1 Å². The van der Waals surface area contributed by atoms with Crippen molar-refractivity contribution in [1.82, 2.24) is 4.23 Å². The van der Waals surface area contributed by atoms with Gasteiger partial charge in [-0.2, -0.15) is 22.2 Å². The van der Waals surface area contributed by atoms with Crippen LogP contribution in [0.1, 0.15) is 40.5 Å². The molecule has 260 valence electrons. The van der Waals surface area contributed by atoms with Crippen molar-refractivity contribution in [3.8, 4) is 0 Å². The standard InChI is InChI=1S/C14H37NO2Si3.C8H21NO2Si.2C3H9ClSi/c1-10-16-20(9,17-11-2)14-12-13-15(18(3,4)5)19(6,7)8;1-4-10-12(3,11-5-2)8-6-7-9;2*1-5(2,3)4/h10-14H2,1-9H3;4-9H2,1-3H3;2*1-3H3. The second-order valence-electron chi connectivity index (χ2n) is 14.6. The van der Waals surface area contributed by atoms with Gasteiger partial charge in [0.05, 0.1) is 0 Å². The Morgan fingerprint density at radius 2 is 0.738 bits per heavy atom. The maximum Gasteiger partial charge on any atom is 0.334 e. The summed E-state index contributed by atoms with van der Waals surface area (Å²) in [5, 5.41) is 0. The van der Waals surface area contributed by atoms with E-state index in [0.29, 0.717) is 0 Å². The molecule has 0 aliphatic heterocycles. The normalized spacial score (nSPS) is 13.0. The average Bonchev–Trinajstić information content (AvgIpc) is 2.72. The maximum atomic E-state index is 5.94. The molecular formula is C28H76Cl2N2O4Si6. The molecule has 0 aromatic heterocycles. The lowest BCUT2D eigenvalue weighted by molar-refractivity contribution is 0.187. The maximum absolute atomic E-state index is 5.94. The van der Waals surface area contributed by atoms with Crippen LogP contribution in [0, 0.1) is 0 Å². The van der Waals surface area contributed by atoms with Gasteiger partial charge in [-0.05, 0) is 78.8 Å². The summed E-state index contributed by atoms with van der Waals surface area (Å²) in [5.74, 6) is 0. The topological polar surface area (TPSA) is 66.2 Å². The molecule has 0 radical (unpaired) electrons. The van der Waals surface area contributed by atoms with Gasteiger partial charge in [-0.15, -0.1) is 0 Å². The van der Waals surface area contributed by atoms with Crippen LogP contribution in [-0.2, 0) is 17.7 Å². The Morgan fingerprint density at radius 1 is 0.500 bits per heavy atom. The molecule has 0 aromatic carbocycles. The summed E-state index contributed by atoms with van der Waals surface area (Å²) in [5.41, 5.74) is 5.44. The third-order valence-electron chi connectivity index (χ3n) is 5.27. The minimum absolute atomic E-state index is 0.725. The van der Waals surface area contributed by atoms with E-state index in [9.17, 15) is 0 Å². The van der Waals surface area contributed by atoms with Gasteiger partial charge < -0.3 is 27.7 Å². The SMILES string of the molecule is CCO[Si](C)(CCCN([Si](C)(C)C)[Si](C)(C)C)OCC.CCO[Si](C)(CCCN)OCC.C[Si](C)(C)Cl.C[Si](C)(C)Cl. The van der Waals surface area contributed by atoms with Crippen molar-refractivity contribution in [3.63, 3.8) is 0 Å². The third kappa shape index (κ3) is 39.7. The first-order valence-electron chi connectivity index (χ1n) is 16.1. The Hall–Kier alpha value is 1.64. The molecule has 0 spiro atoms. The van der Waals surface area contributed by atoms with E-state index < -0.39 is 48.4 Å². The van der Waals surface area contributed by atoms with Gasteiger partial charge in [0.15, 0.2) is 0 Å². The molecule has 14 heteroatoms. The largest absolute Gasteiger partial charge is 0.395 e. The summed E-state index contributed by atoms with van der Waals surface area (Å²) in [6.45, 7) is 44.8. The lowest BCUT2D eigenvalue weighted by Gasteiger charge is -2.44. The van der Waals surface area contributed by atoms with Crippen molar-refractivity contribution in [3.05, 3.63) is 0 Å². The Labute approximate surface area is 280 Å². The van der Waals surface area contributed by atoms with Crippen molar-refractivity contribution < 1.29 is 17.7 Å². The number of nitrogens with zero attached hydrogens (tertiary/aromatic N) is 1. The van der Waals surface area contributed by atoms with E-state index in [1.165, 1.54) is 13.0 Å². The van der Waals surface area contributed by atoms with Gasteiger partial charge in [-0.1, -0.05) is 78.6 Å². The fourth-order valence-electron chi connectivity index (χ4n) is 4.25. The summed E-state index contributed by atoms with van der Waals surface area (Å²) >= 11 is 11.3. The highest BCUT2D eigenvalue weighted by atomic mass is 35.6. The molecule has 2 N–H and O–H groups in total. The van der Waals surface area contributed by atoms with Crippen LogP contribution in [0.5, 0.6) is 0 Å². The molecule has 0 amide bonds. The van der Waals surface area contributed by atoms with Crippen LogP contribution in [0.15, 0.2) is 0 Å². The van der Waals surface area contributed by atoms with E-state index in [1.807, 2.05) is 13.8 Å². The van der Waals surface area contributed by atoms with E-state index in [4.69, 9.17) is 45.6 Å². The van der Waals surface area contributed by atoms with E-state index in [-0.39, 0.29) is 0 Å².